The fourth-order valence-corrected chi connectivity index (χ4v) is 6.42. The Morgan fingerprint density at radius 1 is 0.957 bits per heavy atom. The van der Waals surface area contributed by atoms with Gasteiger partial charge in [0.05, 0.1) is 27.8 Å². The molecule has 2 amide bonds. The molecule has 2 aliphatic heterocycles. The largest absolute Gasteiger partial charge is 0.274 e. The van der Waals surface area contributed by atoms with Gasteiger partial charge in [0.25, 0.3) is 0 Å². The van der Waals surface area contributed by atoms with E-state index >= 15 is 0 Å². The van der Waals surface area contributed by atoms with E-state index in [1.807, 2.05) is 0 Å². The number of carbonyl (C=O) groups is 2. The molecule has 0 radical (unpaired) electrons. The van der Waals surface area contributed by atoms with Crippen molar-refractivity contribution in [3.8, 4) is 0 Å². The summed E-state index contributed by atoms with van der Waals surface area (Å²) in [5, 5.41) is 1.08. The van der Waals surface area contributed by atoms with E-state index in [4.69, 9.17) is 0 Å². The van der Waals surface area contributed by atoms with Crippen LogP contribution in [0.15, 0.2) is 34.6 Å². The predicted octanol–water partition coefficient (Wildman–Crippen LogP) is 1.80. The van der Waals surface area contributed by atoms with Crippen molar-refractivity contribution in [3.63, 3.8) is 0 Å². The molecule has 3 fully saturated rings. The highest BCUT2D eigenvalue weighted by molar-refractivity contribution is 7.95. The van der Waals surface area contributed by atoms with Crippen LogP contribution in [0.2, 0.25) is 0 Å². The maximum absolute atomic E-state index is 12.9. The highest BCUT2D eigenvalue weighted by atomic mass is 32.2. The zero-order valence-electron chi connectivity index (χ0n) is 12.3. The van der Waals surface area contributed by atoms with Gasteiger partial charge < -0.3 is 0 Å². The highest BCUT2D eigenvalue weighted by Gasteiger charge is 2.62. The molecule has 4 atom stereocenters. The molecule has 1 aromatic carbocycles. The minimum absolute atomic E-state index is 0.177. The number of benzene rings is 1. The van der Waals surface area contributed by atoms with Crippen LogP contribution in [0.3, 0.4) is 0 Å². The number of carbonyl (C=O) groups excluding carboxylic acids is 2. The number of rotatable bonds is 1. The van der Waals surface area contributed by atoms with E-state index in [9.17, 15) is 18.0 Å². The van der Waals surface area contributed by atoms with Crippen LogP contribution in [0.4, 0.5) is 0 Å². The van der Waals surface area contributed by atoms with E-state index in [2.05, 4.69) is 0 Å². The van der Waals surface area contributed by atoms with E-state index in [1.165, 1.54) is 6.07 Å². The van der Waals surface area contributed by atoms with E-state index in [1.54, 1.807) is 18.2 Å². The van der Waals surface area contributed by atoms with Crippen LogP contribution in [0, 0.1) is 23.7 Å². The lowest BCUT2D eigenvalue weighted by Crippen LogP contribution is -2.31. The second-order valence-corrected chi connectivity index (χ2v) is 8.71. The van der Waals surface area contributed by atoms with Gasteiger partial charge in [0.15, 0.2) is 0 Å². The van der Waals surface area contributed by atoms with Crippen LogP contribution in [0.1, 0.15) is 24.8 Å². The molecule has 0 spiro atoms. The van der Waals surface area contributed by atoms with Gasteiger partial charge >= 0.3 is 0 Å². The standard InChI is InChI=1S/C17H15NO4S/c19-16-14-9-5-6-10(7-9)15(14)17(20)18(16)12-8-23(21,22)13-4-2-1-3-11(12)13/h1-4,8-10,14-15H,5-7H2/t9-,10+,14-,15+. The summed E-state index contributed by atoms with van der Waals surface area (Å²) in [6, 6.07) is 6.55. The molecule has 118 valence electrons. The van der Waals surface area contributed by atoms with E-state index in [-0.39, 0.29) is 34.2 Å². The number of fused-ring (bicyclic) bond motifs is 6. The van der Waals surface area contributed by atoms with Gasteiger partial charge in [0.2, 0.25) is 21.7 Å². The Bertz CT molecular complexity index is 873. The van der Waals surface area contributed by atoms with Crippen molar-refractivity contribution in [2.45, 2.75) is 24.2 Å². The minimum atomic E-state index is -3.58. The lowest BCUT2D eigenvalue weighted by molar-refractivity contribution is -0.136. The average Bonchev–Trinajstić information content (AvgIpc) is 3.24. The van der Waals surface area contributed by atoms with Gasteiger partial charge in [-0.15, -0.1) is 0 Å². The lowest BCUT2D eigenvalue weighted by Gasteiger charge is -2.19. The van der Waals surface area contributed by atoms with Gasteiger partial charge in [-0.25, -0.2) is 13.3 Å². The molecular weight excluding hydrogens is 314 g/mol. The molecule has 1 aromatic rings. The Morgan fingerprint density at radius 2 is 1.57 bits per heavy atom. The summed E-state index contributed by atoms with van der Waals surface area (Å²) in [7, 11) is -3.58. The minimum Gasteiger partial charge on any atom is -0.274 e. The number of imide groups is 1. The number of amides is 2. The topological polar surface area (TPSA) is 71.5 Å². The molecule has 0 N–H and O–H groups in total. The SMILES string of the molecule is O=C1[C@@H]2[C@@H]3CC[C@@H](C3)[C@@H]2C(=O)N1C1=CS(=O)(=O)c2ccccc21. The molecule has 5 nitrogen and oxygen atoms in total. The zero-order chi connectivity index (χ0) is 15.9. The van der Waals surface area contributed by atoms with Crippen LogP contribution < -0.4 is 0 Å². The van der Waals surface area contributed by atoms with Crippen molar-refractivity contribution in [3.05, 3.63) is 35.2 Å². The molecule has 6 heteroatoms. The van der Waals surface area contributed by atoms with Gasteiger partial charge in [-0.1, -0.05) is 18.2 Å². The molecule has 2 saturated carbocycles. The van der Waals surface area contributed by atoms with Gasteiger partial charge in [0.1, 0.15) is 0 Å². The normalized spacial score (nSPS) is 36.3. The monoisotopic (exact) mass is 329 g/mol. The molecule has 0 unspecified atom stereocenters. The summed E-state index contributed by atoms with van der Waals surface area (Å²) < 4.78 is 24.6. The van der Waals surface area contributed by atoms with E-state index in [0.29, 0.717) is 17.4 Å². The molecular formula is C17H15NO4S. The number of nitrogens with zero attached hydrogens (tertiary/aromatic N) is 1. The third-order valence-electron chi connectivity index (χ3n) is 5.90. The lowest BCUT2D eigenvalue weighted by atomic mass is 9.81. The Balaban J connectivity index is 1.64. The molecule has 2 heterocycles. The summed E-state index contributed by atoms with van der Waals surface area (Å²) in [6.45, 7) is 0. The maximum atomic E-state index is 12.9. The number of hydrogen-bond acceptors (Lipinski definition) is 4. The zero-order valence-corrected chi connectivity index (χ0v) is 13.1. The van der Waals surface area contributed by atoms with Crippen molar-refractivity contribution in [1.82, 2.24) is 4.90 Å². The third kappa shape index (κ3) is 1.54. The van der Waals surface area contributed by atoms with Crippen molar-refractivity contribution < 1.29 is 18.0 Å². The Labute approximate surface area is 133 Å². The van der Waals surface area contributed by atoms with Crippen molar-refractivity contribution in [1.29, 1.82) is 0 Å². The fourth-order valence-electron chi connectivity index (χ4n) is 5.02. The summed E-state index contributed by atoms with van der Waals surface area (Å²) in [5.41, 5.74) is 0.700. The summed E-state index contributed by atoms with van der Waals surface area (Å²) in [4.78, 5) is 27.1. The van der Waals surface area contributed by atoms with Crippen molar-refractivity contribution in [2.24, 2.45) is 23.7 Å². The third-order valence-corrected chi connectivity index (χ3v) is 7.41. The molecule has 2 bridgehead atoms. The second kappa shape index (κ2) is 4.12. The first-order valence-corrected chi connectivity index (χ1v) is 9.47. The number of likely N-dealkylation sites (tertiary alicyclic amines) is 1. The fraction of sp³-hybridized carbons (Fsp3) is 0.412. The summed E-state index contributed by atoms with van der Waals surface area (Å²) in [6.07, 6.45) is 2.98. The van der Waals surface area contributed by atoms with Crippen molar-refractivity contribution >= 4 is 27.3 Å². The van der Waals surface area contributed by atoms with Crippen LogP contribution in [-0.4, -0.2) is 25.1 Å². The smallest absolute Gasteiger partial charge is 0.238 e. The maximum Gasteiger partial charge on any atom is 0.238 e. The number of sulfone groups is 1. The Kier molecular flexibility index (Phi) is 2.41. The first-order valence-electron chi connectivity index (χ1n) is 7.93. The molecule has 4 aliphatic rings. The van der Waals surface area contributed by atoms with E-state index in [0.717, 1.165) is 29.6 Å². The first-order chi connectivity index (χ1) is 11.0. The molecule has 5 rings (SSSR count). The quantitative estimate of drug-likeness (QED) is 0.737. The van der Waals surface area contributed by atoms with E-state index < -0.39 is 9.84 Å². The van der Waals surface area contributed by atoms with Crippen LogP contribution >= 0.6 is 0 Å². The van der Waals surface area contributed by atoms with Crippen LogP contribution in [-0.2, 0) is 19.4 Å². The summed E-state index contributed by atoms with van der Waals surface area (Å²) >= 11 is 0. The van der Waals surface area contributed by atoms with Crippen LogP contribution in [0.25, 0.3) is 5.70 Å². The Hall–Kier alpha value is -1.95. The molecule has 1 saturated heterocycles. The van der Waals surface area contributed by atoms with Gasteiger partial charge in [-0.05, 0) is 37.2 Å². The van der Waals surface area contributed by atoms with Crippen molar-refractivity contribution in [2.75, 3.05) is 0 Å². The first kappa shape index (κ1) is 13.5. The highest BCUT2D eigenvalue weighted by Crippen LogP contribution is 2.57. The van der Waals surface area contributed by atoms with Gasteiger partial charge in [0, 0.05) is 5.56 Å². The predicted molar refractivity (Wildman–Crippen MR) is 81.3 cm³/mol. The van der Waals surface area contributed by atoms with Gasteiger partial charge in [-0.3, -0.25) is 9.59 Å². The molecule has 23 heavy (non-hydrogen) atoms. The second-order valence-electron chi connectivity index (χ2n) is 6.94. The van der Waals surface area contributed by atoms with Crippen LogP contribution in [0.5, 0.6) is 0 Å². The molecule has 0 aromatic heterocycles. The summed E-state index contributed by atoms with van der Waals surface area (Å²) in [5.74, 6) is -0.299. The Morgan fingerprint density at radius 3 is 2.22 bits per heavy atom. The van der Waals surface area contributed by atoms with Gasteiger partial charge in [-0.2, -0.15) is 0 Å². The average molecular weight is 329 g/mol. The number of hydrogen-bond donors (Lipinski definition) is 0. The molecule has 2 aliphatic carbocycles.